The fraction of sp³-hybridized carbons (Fsp3) is 0.400. The molecule has 0 aliphatic rings. The fourth-order valence-corrected chi connectivity index (χ4v) is 2.42. The van der Waals surface area contributed by atoms with Crippen LogP contribution >= 0.6 is 27.7 Å². The van der Waals surface area contributed by atoms with Crippen molar-refractivity contribution in [3.63, 3.8) is 0 Å². The van der Waals surface area contributed by atoms with Crippen molar-refractivity contribution >= 4 is 33.7 Å². The Morgan fingerprint density at radius 2 is 2.20 bits per heavy atom. The number of pyridine rings is 1. The molecule has 0 radical (unpaired) electrons. The van der Waals surface area contributed by atoms with E-state index in [1.807, 2.05) is 13.0 Å². The van der Waals surface area contributed by atoms with Gasteiger partial charge in [0, 0.05) is 6.20 Å². The van der Waals surface area contributed by atoms with Gasteiger partial charge in [-0.25, -0.2) is 4.98 Å². The summed E-state index contributed by atoms with van der Waals surface area (Å²) in [6, 6.07) is 1.92. The molecule has 0 spiro atoms. The minimum absolute atomic E-state index is 0.702. The molecule has 0 atom stereocenters. The molecule has 0 aliphatic carbocycles. The van der Waals surface area contributed by atoms with Gasteiger partial charge in [-0.2, -0.15) is 0 Å². The molecular formula is C10H12BrNO2S. The molecule has 1 N–H and O–H groups in total. The van der Waals surface area contributed by atoms with Gasteiger partial charge in [-0.3, -0.25) is 4.79 Å². The molecule has 0 aliphatic heterocycles. The zero-order chi connectivity index (χ0) is 11.6. The van der Waals surface area contributed by atoms with Crippen LogP contribution in [0, 0.1) is 6.92 Å². The van der Waals surface area contributed by atoms with Crippen molar-refractivity contribution in [2.75, 3.05) is 0 Å². The Morgan fingerprint density at radius 1 is 1.60 bits per heavy atom. The maximum Gasteiger partial charge on any atom is 0.319 e. The first-order valence-corrected chi connectivity index (χ1v) is 5.98. The second kappa shape index (κ2) is 4.53. The Labute approximate surface area is 101 Å². The topological polar surface area (TPSA) is 50.2 Å². The molecule has 1 heterocycles. The van der Waals surface area contributed by atoms with E-state index in [0.717, 1.165) is 10.0 Å². The molecule has 0 saturated heterocycles. The van der Waals surface area contributed by atoms with Crippen LogP contribution in [0.4, 0.5) is 0 Å². The Kier molecular flexibility index (Phi) is 3.78. The highest BCUT2D eigenvalue weighted by molar-refractivity contribution is 9.10. The van der Waals surface area contributed by atoms with Gasteiger partial charge < -0.3 is 5.11 Å². The minimum Gasteiger partial charge on any atom is -0.480 e. The molecular weight excluding hydrogens is 278 g/mol. The maximum atomic E-state index is 10.9. The number of carboxylic acid groups (broad SMARTS) is 1. The predicted molar refractivity (Wildman–Crippen MR) is 64.2 cm³/mol. The molecule has 1 aromatic rings. The number of aromatic nitrogens is 1. The van der Waals surface area contributed by atoms with Crippen molar-refractivity contribution in [3.8, 4) is 0 Å². The number of rotatable bonds is 3. The van der Waals surface area contributed by atoms with Crippen molar-refractivity contribution in [2.24, 2.45) is 0 Å². The maximum absolute atomic E-state index is 10.9. The van der Waals surface area contributed by atoms with E-state index in [2.05, 4.69) is 20.9 Å². The number of aliphatic carboxylic acids is 1. The first-order chi connectivity index (χ1) is 6.83. The minimum atomic E-state index is -0.870. The summed E-state index contributed by atoms with van der Waals surface area (Å²) in [5.74, 6) is -0.846. The van der Waals surface area contributed by atoms with Crippen LogP contribution < -0.4 is 0 Å². The highest BCUT2D eigenvalue weighted by atomic mass is 79.9. The largest absolute Gasteiger partial charge is 0.480 e. The van der Waals surface area contributed by atoms with Gasteiger partial charge in [0.1, 0.15) is 9.77 Å². The molecule has 0 aromatic carbocycles. The number of aryl methyl sites for hydroxylation is 1. The van der Waals surface area contributed by atoms with Crippen molar-refractivity contribution in [3.05, 3.63) is 22.3 Å². The molecule has 15 heavy (non-hydrogen) atoms. The van der Waals surface area contributed by atoms with Crippen LogP contribution in [0.1, 0.15) is 19.4 Å². The average molecular weight is 290 g/mol. The summed E-state index contributed by atoms with van der Waals surface area (Å²) in [5, 5.41) is 9.69. The smallest absolute Gasteiger partial charge is 0.319 e. The quantitative estimate of drug-likeness (QED) is 0.869. The van der Waals surface area contributed by atoms with E-state index < -0.39 is 10.7 Å². The van der Waals surface area contributed by atoms with Crippen LogP contribution in [-0.4, -0.2) is 20.8 Å². The van der Waals surface area contributed by atoms with Crippen molar-refractivity contribution in [1.29, 1.82) is 0 Å². The lowest BCUT2D eigenvalue weighted by molar-refractivity contribution is -0.138. The first kappa shape index (κ1) is 12.5. The number of carboxylic acids is 1. The number of hydrogen-bond donors (Lipinski definition) is 1. The van der Waals surface area contributed by atoms with Gasteiger partial charge >= 0.3 is 5.97 Å². The predicted octanol–water partition coefficient (Wildman–Crippen LogP) is 3.11. The van der Waals surface area contributed by atoms with Crippen LogP contribution in [-0.2, 0) is 4.79 Å². The van der Waals surface area contributed by atoms with Gasteiger partial charge in [0.25, 0.3) is 0 Å². The van der Waals surface area contributed by atoms with E-state index in [4.69, 9.17) is 5.11 Å². The summed E-state index contributed by atoms with van der Waals surface area (Å²) in [7, 11) is 0. The molecule has 1 rings (SSSR count). The summed E-state index contributed by atoms with van der Waals surface area (Å²) in [4.78, 5) is 15.1. The number of hydrogen-bond acceptors (Lipinski definition) is 3. The van der Waals surface area contributed by atoms with Gasteiger partial charge in [-0.15, -0.1) is 0 Å². The molecule has 0 fully saturated rings. The summed E-state index contributed by atoms with van der Waals surface area (Å²) < 4.78 is -0.0352. The van der Waals surface area contributed by atoms with Crippen molar-refractivity contribution in [1.82, 2.24) is 4.98 Å². The second-order valence-electron chi connectivity index (χ2n) is 3.72. The SMILES string of the molecule is Cc1cnc(SC(C)(C)C(=O)O)c(Br)c1. The highest BCUT2D eigenvalue weighted by Gasteiger charge is 2.29. The normalized spacial score (nSPS) is 11.5. The summed E-state index contributed by atoms with van der Waals surface area (Å²) in [6.07, 6.45) is 1.73. The average Bonchev–Trinajstić information content (AvgIpc) is 2.09. The summed E-state index contributed by atoms with van der Waals surface area (Å²) in [5.41, 5.74) is 1.04. The fourth-order valence-electron chi connectivity index (χ4n) is 0.881. The van der Waals surface area contributed by atoms with Crippen molar-refractivity contribution < 1.29 is 9.90 Å². The Hall–Kier alpha value is -0.550. The zero-order valence-electron chi connectivity index (χ0n) is 8.74. The van der Waals surface area contributed by atoms with Crippen LogP contribution in [0.3, 0.4) is 0 Å². The van der Waals surface area contributed by atoms with Crippen LogP contribution in [0.5, 0.6) is 0 Å². The van der Waals surface area contributed by atoms with E-state index in [9.17, 15) is 4.79 Å². The highest BCUT2D eigenvalue weighted by Crippen LogP contribution is 2.35. The van der Waals surface area contributed by atoms with Gasteiger partial charge in [-0.05, 0) is 48.3 Å². The third-order valence-corrected chi connectivity index (χ3v) is 3.88. The summed E-state index contributed by atoms with van der Waals surface area (Å²) in [6.45, 7) is 5.26. The van der Waals surface area contributed by atoms with Gasteiger partial charge in [0.05, 0.1) is 4.47 Å². The van der Waals surface area contributed by atoms with E-state index >= 15 is 0 Å². The van der Waals surface area contributed by atoms with E-state index in [1.54, 1.807) is 20.0 Å². The van der Waals surface area contributed by atoms with Crippen molar-refractivity contribution in [2.45, 2.75) is 30.5 Å². The van der Waals surface area contributed by atoms with E-state index in [1.165, 1.54) is 11.8 Å². The molecule has 0 bridgehead atoms. The van der Waals surface area contributed by atoms with Gasteiger partial charge in [0.15, 0.2) is 0 Å². The standard InChI is InChI=1S/C10H12BrNO2S/c1-6-4-7(11)8(12-5-6)15-10(2,3)9(13)14/h4-5H,1-3H3,(H,13,14). The molecule has 0 saturated carbocycles. The van der Waals surface area contributed by atoms with Gasteiger partial charge in [0.2, 0.25) is 0 Å². The van der Waals surface area contributed by atoms with Crippen LogP contribution in [0.2, 0.25) is 0 Å². The number of carbonyl (C=O) groups is 1. The molecule has 82 valence electrons. The first-order valence-electron chi connectivity index (χ1n) is 4.37. The Balaban J connectivity index is 2.95. The number of halogens is 1. The third kappa shape index (κ3) is 3.21. The summed E-state index contributed by atoms with van der Waals surface area (Å²) >= 11 is 4.60. The van der Waals surface area contributed by atoms with E-state index in [0.29, 0.717) is 5.03 Å². The lowest BCUT2D eigenvalue weighted by atomic mass is 10.2. The van der Waals surface area contributed by atoms with Crippen LogP contribution in [0.25, 0.3) is 0 Å². The lowest BCUT2D eigenvalue weighted by Crippen LogP contribution is -2.27. The molecule has 0 unspecified atom stereocenters. The monoisotopic (exact) mass is 289 g/mol. The van der Waals surface area contributed by atoms with Gasteiger partial charge in [-0.1, -0.05) is 11.8 Å². The van der Waals surface area contributed by atoms with Crippen LogP contribution in [0.15, 0.2) is 21.8 Å². The second-order valence-corrected chi connectivity index (χ2v) is 6.18. The number of thioether (sulfide) groups is 1. The molecule has 5 heteroatoms. The van der Waals surface area contributed by atoms with E-state index in [-0.39, 0.29) is 0 Å². The molecule has 1 aromatic heterocycles. The molecule has 3 nitrogen and oxygen atoms in total. The Bertz CT molecular complexity index is 393. The lowest BCUT2D eigenvalue weighted by Gasteiger charge is -2.18. The number of nitrogens with zero attached hydrogens (tertiary/aromatic N) is 1. The third-order valence-electron chi connectivity index (χ3n) is 1.81. The molecule has 0 amide bonds. The zero-order valence-corrected chi connectivity index (χ0v) is 11.1. The Morgan fingerprint density at radius 3 is 2.67 bits per heavy atom.